The molecule has 1 aliphatic rings. The summed E-state index contributed by atoms with van der Waals surface area (Å²) < 4.78 is 13.9. The first-order valence-electron chi connectivity index (χ1n) is 3.10. The molecule has 0 spiro atoms. The first-order chi connectivity index (χ1) is 5.18. The highest BCUT2D eigenvalue weighted by atomic mass is 16.8. The van der Waals surface area contributed by atoms with Crippen LogP contribution in [0.25, 0.3) is 0 Å². The van der Waals surface area contributed by atoms with Crippen LogP contribution in [0.4, 0.5) is 0 Å². The van der Waals surface area contributed by atoms with Crippen molar-refractivity contribution in [3.05, 3.63) is 0 Å². The molecule has 11 heavy (non-hydrogen) atoms. The minimum absolute atomic E-state index is 0.0993. The van der Waals surface area contributed by atoms with Crippen molar-refractivity contribution in [1.29, 1.82) is 0 Å². The number of rotatable bonds is 3. The summed E-state index contributed by atoms with van der Waals surface area (Å²) in [6.45, 7) is 1.16. The molecule has 0 aromatic heterocycles. The van der Waals surface area contributed by atoms with Gasteiger partial charge in [0.25, 0.3) is 0 Å². The Morgan fingerprint density at radius 3 is 3.00 bits per heavy atom. The van der Waals surface area contributed by atoms with Gasteiger partial charge in [0.05, 0.1) is 6.61 Å². The second-order valence-electron chi connectivity index (χ2n) is 2.10. The SMILES string of the molecule is CC(=O)COB1OCC(=O)O1. The van der Waals surface area contributed by atoms with E-state index >= 15 is 0 Å². The van der Waals surface area contributed by atoms with Crippen LogP contribution < -0.4 is 0 Å². The second-order valence-corrected chi connectivity index (χ2v) is 2.10. The van der Waals surface area contributed by atoms with Crippen molar-refractivity contribution < 1.29 is 23.6 Å². The average molecular weight is 158 g/mol. The zero-order valence-electron chi connectivity index (χ0n) is 6.03. The fourth-order valence-corrected chi connectivity index (χ4v) is 0.579. The Morgan fingerprint density at radius 1 is 1.82 bits per heavy atom. The molecule has 0 bridgehead atoms. The van der Waals surface area contributed by atoms with Crippen molar-refractivity contribution in [3.63, 3.8) is 0 Å². The molecule has 0 radical (unpaired) electrons. The molecular formula is C5H7BO5. The standard InChI is InChI=1S/C5H7BO5/c1-4(7)2-9-6-10-3-5(8)11-6/h2-3H2,1H3. The van der Waals surface area contributed by atoms with Gasteiger partial charge >= 0.3 is 13.3 Å². The summed E-state index contributed by atoms with van der Waals surface area (Å²) in [6.07, 6.45) is 0. The van der Waals surface area contributed by atoms with Crippen molar-refractivity contribution in [2.75, 3.05) is 13.2 Å². The molecule has 0 aliphatic carbocycles. The van der Waals surface area contributed by atoms with Crippen molar-refractivity contribution in [2.45, 2.75) is 6.92 Å². The van der Waals surface area contributed by atoms with Crippen LogP contribution in [-0.4, -0.2) is 32.3 Å². The molecule has 1 rings (SSSR count). The maximum absolute atomic E-state index is 10.4. The van der Waals surface area contributed by atoms with Crippen LogP contribution in [0.3, 0.4) is 0 Å². The van der Waals surface area contributed by atoms with Gasteiger partial charge in [-0.1, -0.05) is 0 Å². The molecule has 0 atom stereocenters. The number of hydrogen-bond acceptors (Lipinski definition) is 5. The van der Waals surface area contributed by atoms with Gasteiger partial charge < -0.3 is 14.0 Å². The third kappa shape index (κ3) is 2.69. The van der Waals surface area contributed by atoms with E-state index < -0.39 is 13.3 Å². The van der Waals surface area contributed by atoms with Gasteiger partial charge in [-0.15, -0.1) is 0 Å². The number of Topliss-reactive ketones (excluding diaryl/α,β-unsaturated/α-hetero) is 1. The highest BCUT2D eigenvalue weighted by molar-refractivity contribution is 6.41. The molecule has 6 heteroatoms. The van der Waals surface area contributed by atoms with E-state index in [0.717, 1.165) is 0 Å². The van der Waals surface area contributed by atoms with Crippen molar-refractivity contribution >= 4 is 19.1 Å². The van der Waals surface area contributed by atoms with Crippen molar-refractivity contribution in [2.24, 2.45) is 0 Å². The third-order valence-electron chi connectivity index (χ3n) is 0.988. The molecule has 0 amide bonds. The summed E-state index contributed by atoms with van der Waals surface area (Å²) in [5.41, 5.74) is 0. The highest BCUT2D eigenvalue weighted by Gasteiger charge is 2.34. The van der Waals surface area contributed by atoms with Gasteiger partial charge in [0.1, 0.15) is 6.61 Å². The summed E-state index contributed by atoms with van der Waals surface area (Å²) in [5, 5.41) is 0. The van der Waals surface area contributed by atoms with Crippen LogP contribution >= 0.6 is 0 Å². The monoisotopic (exact) mass is 158 g/mol. The normalized spacial score (nSPS) is 16.8. The van der Waals surface area contributed by atoms with Gasteiger partial charge in [0.15, 0.2) is 5.78 Å². The maximum atomic E-state index is 10.4. The van der Waals surface area contributed by atoms with Gasteiger partial charge in [-0.05, 0) is 6.92 Å². The van der Waals surface area contributed by atoms with Crippen LogP contribution in [0, 0.1) is 0 Å². The van der Waals surface area contributed by atoms with Gasteiger partial charge in [-0.2, -0.15) is 0 Å². The smallest absolute Gasteiger partial charge is 0.483 e. The van der Waals surface area contributed by atoms with E-state index in [1.807, 2.05) is 0 Å². The predicted molar refractivity (Wildman–Crippen MR) is 34.4 cm³/mol. The Bertz CT molecular complexity index is 180. The number of ketones is 1. The fourth-order valence-electron chi connectivity index (χ4n) is 0.579. The molecule has 1 saturated heterocycles. The molecule has 0 N–H and O–H groups in total. The second kappa shape index (κ2) is 3.50. The quantitative estimate of drug-likeness (QED) is 0.500. The molecule has 1 aliphatic heterocycles. The van der Waals surface area contributed by atoms with Gasteiger partial charge in [-0.3, -0.25) is 9.59 Å². The molecule has 0 aromatic rings. The summed E-state index contributed by atoms with van der Waals surface area (Å²) in [6, 6.07) is 0. The molecule has 0 saturated carbocycles. The Balaban J connectivity index is 2.18. The summed E-state index contributed by atoms with van der Waals surface area (Å²) >= 11 is 0. The largest absolute Gasteiger partial charge is 0.715 e. The minimum atomic E-state index is -0.994. The lowest BCUT2D eigenvalue weighted by atomic mass is 10.2. The number of carbonyl (C=O) groups excluding carboxylic acids is 2. The highest BCUT2D eigenvalue weighted by Crippen LogP contribution is 2.01. The van der Waals surface area contributed by atoms with Crippen molar-refractivity contribution in [3.8, 4) is 0 Å². The first-order valence-corrected chi connectivity index (χ1v) is 3.10. The van der Waals surface area contributed by atoms with Gasteiger partial charge in [-0.25, -0.2) is 0 Å². The van der Waals surface area contributed by atoms with Gasteiger partial charge in [0, 0.05) is 0 Å². The first kappa shape index (κ1) is 8.22. The van der Waals surface area contributed by atoms with E-state index in [1.165, 1.54) is 6.92 Å². The molecular weight excluding hydrogens is 151 g/mol. The Hall–Kier alpha value is -0.875. The molecule has 0 unspecified atom stereocenters. The van der Waals surface area contributed by atoms with E-state index in [4.69, 9.17) is 4.65 Å². The lowest BCUT2D eigenvalue weighted by molar-refractivity contribution is -0.133. The van der Waals surface area contributed by atoms with E-state index in [2.05, 4.69) is 9.31 Å². The zero-order chi connectivity index (χ0) is 8.27. The Morgan fingerprint density at radius 2 is 2.55 bits per heavy atom. The van der Waals surface area contributed by atoms with Gasteiger partial charge in [0.2, 0.25) is 0 Å². The minimum Gasteiger partial charge on any atom is -0.483 e. The number of hydrogen-bond donors (Lipinski definition) is 0. The van der Waals surface area contributed by atoms with Crippen LogP contribution in [0.2, 0.25) is 0 Å². The van der Waals surface area contributed by atoms with Crippen molar-refractivity contribution in [1.82, 2.24) is 0 Å². The summed E-state index contributed by atoms with van der Waals surface area (Å²) in [4.78, 5) is 20.7. The van der Waals surface area contributed by atoms with Crippen LogP contribution in [0.5, 0.6) is 0 Å². The summed E-state index contributed by atoms with van der Waals surface area (Å²) in [5.74, 6) is -0.616. The van der Waals surface area contributed by atoms with Crippen LogP contribution in [-0.2, 0) is 23.6 Å². The Labute approximate surface area is 63.8 Å². The zero-order valence-corrected chi connectivity index (χ0v) is 6.03. The van der Waals surface area contributed by atoms with Crippen LogP contribution in [0.15, 0.2) is 0 Å². The Kier molecular flexibility index (Phi) is 2.61. The van der Waals surface area contributed by atoms with E-state index in [0.29, 0.717) is 0 Å². The molecule has 5 nitrogen and oxygen atoms in total. The predicted octanol–water partition coefficient (Wildman–Crippen LogP) is -0.850. The van der Waals surface area contributed by atoms with E-state index in [9.17, 15) is 9.59 Å². The molecule has 0 aromatic carbocycles. The molecule has 1 heterocycles. The molecule has 1 fully saturated rings. The van der Waals surface area contributed by atoms with Crippen LogP contribution in [0.1, 0.15) is 6.92 Å². The summed E-state index contributed by atoms with van der Waals surface area (Å²) in [7, 11) is -0.994. The lowest BCUT2D eigenvalue weighted by Gasteiger charge is -2.00. The molecule has 60 valence electrons. The van der Waals surface area contributed by atoms with E-state index in [1.54, 1.807) is 0 Å². The van der Waals surface area contributed by atoms with E-state index in [-0.39, 0.29) is 19.0 Å². The third-order valence-corrected chi connectivity index (χ3v) is 0.988. The average Bonchev–Trinajstić information content (AvgIpc) is 2.31. The number of carbonyl (C=O) groups is 2. The maximum Gasteiger partial charge on any atom is 0.715 e. The fraction of sp³-hybridized carbons (Fsp3) is 0.600. The topological polar surface area (TPSA) is 61.8 Å². The lowest BCUT2D eigenvalue weighted by Crippen LogP contribution is -2.23.